The molecule has 0 aromatic rings. The molecule has 0 heterocycles. The smallest absolute Gasteiger partial charge is 0.462 e. The molecule has 0 aliphatic heterocycles. The minimum absolute atomic E-state index is 0.102. The number of unbranched alkanes of at least 4 members (excludes halogenated alkanes) is 36. The molecule has 0 spiro atoms. The third kappa shape index (κ3) is 61.3. The van der Waals surface area contributed by atoms with E-state index in [2.05, 4.69) is 41.5 Å². The van der Waals surface area contributed by atoms with Crippen molar-refractivity contribution >= 4 is 39.5 Å². The van der Waals surface area contributed by atoms with Gasteiger partial charge in [-0.3, -0.25) is 37.3 Å². The van der Waals surface area contributed by atoms with E-state index >= 15 is 0 Å². The van der Waals surface area contributed by atoms with Crippen LogP contribution in [0.1, 0.15) is 343 Å². The fourth-order valence-corrected chi connectivity index (χ4v) is 11.8. The number of hydrogen-bond donors (Lipinski definition) is 3. The number of carbonyl (C=O) groups is 4. The number of rotatable bonds is 67. The van der Waals surface area contributed by atoms with Crippen molar-refractivity contribution in [2.75, 3.05) is 39.6 Å². The van der Waals surface area contributed by atoms with E-state index in [0.29, 0.717) is 25.7 Å². The van der Waals surface area contributed by atoms with Gasteiger partial charge in [-0.05, 0) is 37.5 Å². The number of phosphoric acid groups is 2. The molecule has 0 aromatic carbocycles. The SMILES string of the molecule is CCCCCCCCCCCCCCCCCCCCC(=O)O[C@H](COC(=O)CCCCCCCCCCCCCC(C)C)COP(=O)(O)OC[C@@H](O)COP(=O)(O)OC[C@@H](COC(=O)CCCCCCC)OC(=O)CCCCCCCCC(C)CC. The summed E-state index contributed by atoms with van der Waals surface area (Å²) >= 11 is 0. The summed E-state index contributed by atoms with van der Waals surface area (Å²) < 4.78 is 68.0. The van der Waals surface area contributed by atoms with Crippen molar-refractivity contribution in [3.05, 3.63) is 0 Å². The summed E-state index contributed by atoms with van der Waals surface area (Å²) in [5, 5.41) is 10.5. The van der Waals surface area contributed by atoms with E-state index in [9.17, 15) is 43.2 Å². The first-order chi connectivity index (χ1) is 41.9. The van der Waals surface area contributed by atoms with Crippen LogP contribution in [0.4, 0.5) is 0 Å². The van der Waals surface area contributed by atoms with Crippen LogP contribution in [0.2, 0.25) is 0 Å². The lowest BCUT2D eigenvalue weighted by molar-refractivity contribution is -0.161. The molecule has 0 fully saturated rings. The molecular weight excluding hydrogens is 1150 g/mol. The van der Waals surface area contributed by atoms with Crippen molar-refractivity contribution in [1.82, 2.24) is 0 Å². The quantitative estimate of drug-likeness (QED) is 0.0222. The number of esters is 4. The molecule has 516 valence electrons. The Balaban J connectivity index is 5.16. The van der Waals surface area contributed by atoms with Crippen LogP contribution in [0.3, 0.4) is 0 Å². The van der Waals surface area contributed by atoms with Crippen molar-refractivity contribution < 1.29 is 80.2 Å². The van der Waals surface area contributed by atoms with E-state index < -0.39 is 97.5 Å². The van der Waals surface area contributed by atoms with E-state index in [4.69, 9.17) is 37.0 Å². The lowest BCUT2D eigenvalue weighted by Gasteiger charge is -2.21. The molecule has 0 bridgehead atoms. The van der Waals surface area contributed by atoms with Crippen molar-refractivity contribution in [2.45, 2.75) is 362 Å². The lowest BCUT2D eigenvalue weighted by Crippen LogP contribution is -2.30. The second-order valence-electron chi connectivity index (χ2n) is 25.3. The normalized spacial score (nSPS) is 14.5. The zero-order valence-corrected chi connectivity index (χ0v) is 58.1. The standard InChI is InChI=1S/C68H132O17P2/c1-7-10-12-14-15-16-17-18-19-20-21-22-23-26-30-33-40-46-52-67(72)84-64(57-79-66(71)51-45-39-32-29-27-24-25-28-31-37-42-48-60(4)5)59-83-87(76,77)81-55-62(69)54-80-86(74,75)82-58-63(56-78-65(70)50-44-36-13-11-8-2)85-68(73)53-47-41-35-34-38-43-49-61(6)9-3/h60-64,69H,7-59H2,1-6H3,(H,74,75)(H,76,77)/t61?,62-,63+,64+/m0/s1. The van der Waals surface area contributed by atoms with Gasteiger partial charge >= 0.3 is 39.5 Å². The highest BCUT2D eigenvalue weighted by Gasteiger charge is 2.30. The van der Waals surface area contributed by atoms with Crippen LogP contribution < -0.4 is 0 Å². The molecule has 0 radical (unpaired) electrons. The fourth-order valence-electron chi connectivity index (χ4n) is 10.2. The zero-order chi connectivity index (χ0) is 64.3. The summed E-state index contributed by atoms with van der Waals surface area (Å²) in [7, 11) is -9.89. The molecule has 0 rings (SSSR count). The highest BCUT2D eigenvalue weighted by atomic mass is 31.2. The van der Waals surface area contributed by atoms with Crippen LogP contribution in [0.25, 0.3) is 0 Å². The highest BCUT2D eigenvalue weighted by Crippen LogP contribution is 2.45. The van der Waals surface area contributed by atoms with Crippen molar-refractivity contribution in [1.29, 1.82) is 0 Å². The highest BCUT2D eigenvalue weighted by molar-refractivity contribution is 7.47. The third-order valence-corrected chi connectivity index (χ3v) is 18.0. The molecule has 17 nitrogen and oxygen atoms in total. The molecular formula is C68H132O17P2. The molecule has 87 heavy (non-hydrogen) atoms. The van der Waals surface area contributed by atoms with Gasteiger partial charge in [0.1, 0.15) is 19.3 Å². The van der Waals surface area contributed by atoms with Gasteiger partial charge in [0.2, 0.25) is 0 Å². The predicted octanol–water partition coefficient (Wildman–Crippen LogP) is 19.2. The van der Waals surface area contributed by atoms with Crippen LogP contribution in [0.5, 0.6) is 0 Å². The van der Waals surface area contributed by atoms with Gasteiger partial charge in [-0.25, -0.2) is 9.13 Å². The largest absolute Gasteiger partial charge is 0.472 e. The molecule has 0 saturated carbocycles. The van der Waals surface area contributed by atoms with Crippen LogP contribution in [0.15, 0.2) is 0 Å². The van der Waals surface area contributed by atoms with Crippen LogP contribution >= 0.6 is 15.6 Å². The van der Waals surface area contributed by atoms with Crippen LogP contribution in [0, 0.1) is 11.8 Å². The number of carbonyl (C=O) groups excluding carboxylic acids is 4. The summed E-state index contributed by atoms with van der Waals surface area (Å²) in [5.41, 5.74) is 0. The molecule has 0 aliphatic rings. The Labute approximate surface area is 530 Å². The Kier molecular flexibility index (Phi) is 59.0. The molecule has 19 heteroatoms. The van der Waals surface area contributed by atoms with Gasteiger partial charge in [-0.2, -0.15) is 0 Å². The first-order valence-corrected chi connectivity index (χ1v) is 38.5. The van der Waals surface area contributed by atoms with Crippen LogP contribution in [-0.2, 0) is 65.4 Å². The lowest BCUT2D eigenvalue weighted by atomic mass is 10.00. The molecule has 3 unspecified atom stereocenters. The topological polar surface area (TPSA) is 237 Å². The Hall–Kier alpha value is -1.94. The van der Waals surface area contributed by atoms with E-state index in [1.54, 1.807) is 0 Å². The first kappa shape index (κ1) is 85.1. The fraction of sp³-hybridized carbons (Fsp3) is 0.941. The number of aliphatic hydroxyl groups excluding tert-OH is 1. The predicted molar refractivity (Wildman–Crippen MR) is 349 cm³/mol. The maximum Gasteiger partial charge on any atom is 0.472 e. The number of hydrogen-bond acceptors (Lipinski definition) is 15. The number of ether oxygens (including phenoxy) is 4. The maximum absolute atomic E-state index is 13.0. The zero-order valence-electron chi connectivity index (χ0n) is 56.3. The van der Waals surface area contributed by atoms with Gasteiger partial charge in [0.25, 0.3) is 0 Å². The van der Waals surface area contributed by atoms with Crippen LogP contribution in [-0.4, -0.2) is 96.7 Å². The molecule has 0 aromatic heterocycles. The number of phosphoric ester groups is 2. The average molecular weight is 1280 g/mol. The van der Waals surface area contributed by atoms with E-state index in [1.165, 1.54) is 154 Å². The minimum Gasteiger partial charge on any atom is -0.462 e. The summed E-state index contributed by atoms with van der Waals surface area (Å²) in [6.07, 6.45) is 44.9. The average Bonchev–Trinajstić information content (AvgIpc) is 3.71. The molecule has 3 N–H and O–H groups in total. The van der Waals surface area contributed by atoms with E-state index in [0.717, 1.165) is 108 Å². The molecule has 6 atom stereocenters. The molecule has 0 aliphatic carbocycles. The Morgan fingerprint density at radius 1 is 0.333 bits per heavy atom. The van der Waals surface area contributed by atoms with E-state index in [1.807, 2.05) is 0 Å². The van der Waals surface area contributed by atoms with Gasteiger partial charge in [-0.1, -0.05) is 292 Å². The second-order valence-corrected chi connectivity index (χ2v) is 28.2. The van der Waals surface area contributed by atoms with Gasteiger partial charge < -0.3 is 33.8 Å². The van der Waals surface area contributed by atoms with Gasteiger partial charge in [0, 0.05) is 25.7 Å². The van der Waals surface area contributed by atoms with Crippen molar-refractivity contribution in [3.63, 3.8) is 0 Å². The summed E-state index contributed by atoms with van der Waals surface area (Å²) in [5.74, 6) is -0.649. The number of aliphatic hydroxyl groups is 1. The van der Waals surface area contributed by atoms with Crippen molar-refractivity contribution in [2.24, 2.45) is 11.8 Å². The van der Waals surface area contributed by atoms with Gasteiger partial charge in [-0.15, -0.1) is 0 Å². The molecule has 0 amide bonds. The Bertz CT molecular complexity index is 1700. The van der Waals surface area contributed by atoms with Crippen molar-refractivity contribution in [3.8, 4) is 0 Å². The third-order valence-electron chi connectivity index (χ3n) is 16.1. The molecule has 0 saturated heterocycles. The van der Waals surface area contributed by atoms with Gasteiger partial charge in [0.15, 0.2) is 12.2 Å². The summed E-state index contributed by atoms with van der Waals surface area (Å²) in [4.78, 5) is 72.2. The monoisotopic (exact) mass is 1280 g/mol. The summed E-state index contributed by atoms with van der Waals surface area (Å²) in [6, 6.07) is 0. The maximum atomic E-state index is 13.0. The summed E-state index contributed by atoms with van der Waals surface area (Å²) in [6.45, 7) is 9.40. The van der Waals surface area contributed by atoms with E-state index in [-0.39, 0.29) is 25.7 Å². The first-order valence-electron chi connectivity index (χ1n) is 35.5. The second kappa shape index (κ2) is 60.3. The Morgan fingerprint density at radius 3 is 0.874 bits per heavy atom. The van der Waals surface area contributed by atoms with Gasteiger partial charge in [0.05, 0.1) is 26.4 Å². The minimum atomic E-state index is -4.95. The Morgan fingerprint density at radius 2 is 0.586 bits per heavy atom.